The largest absolute Gasteiger partial charge is 0.495 e. The van der Waals surface area contributed by atoms with Crippen LogP contribution in [-0.4, -0.2) is 48.3 Å². The van der Waals surface area contributed by atoms with Crippen LogP contribution in [-0.2, 0) is 16.0 Å². The summed E-state index contributed by atoms with van der Waals surface area (Å²) in [7, 11) is 1.52. The van der Waals surface area contributed by atoms with Crippen molar-refractivity contribution in [1.29, 1.82) is 0 Å². The number of hydrogen-bond donors (Lipinski definition) is 3. The maximum absolute atomic E-state index is 12.6. The number of amides is 5. The van der Waals surface area contributed by atoms with E-state index in [2.05, 4.69) is 16.0 Å². The van der Waals surface area contributed by atoms with E-state index >= 15 is 0 Å². The maximum Gasteiger partial charge on any atom is 0.325 e. The highest BCUT2D eigenvalue weighted by Crippen LogP contribution is 2.24. The molecule has 4 rings (SSSR count). The third-order valence-electron chi connectivity index (χ3n) is 5.48. The molecule has 1 fully saturated rings. The number of ether oxygens (including phenoxy) is 1. The Balaban J connectivity index is 1.32. The minimum atomic E-state index is -0.710. The van der Waals surface area contributed by atoms with Crippen LogP contribution < -0.4 is 20.7 Å². The van der Waals surface area contributed by atoms with Crippen molar-refractivity contribution in [3.05, 3.63) is 90.0 Å². The molecule has 0 spiro atoms. The van der Waals surface area contributed by atoms with E-state index in [-0.39, 0.29) is 5.91 Å². The zero-order valence-electron chi connectivity index (χ0n) is 19.0. The first kappa shape index (κ1) is 23.5. The summed E-state index contributed by atoms with van der Waals surface area (Å²) in [5.74, 6) is -0.773. The van der Waals surface area contributed by atoms with E-state index < -0.39 is 30.4 Å². The molecular weight excluding hydrogens is 448 g/mol. The number of urea groups is 1. The van der Waals surface area contributed by atoms with Crippen LogP contribution >= 0.6 is 0 Å². The molecule has 0 radical (unpaired) electrons. The first-order chi connectivity index (χ1) is 16.9. The van der Waals surface area contributed by atoms with Gasteiger partial charge in [0, 0.05) is 17.7 Å². The molecule has 1 atom stereocenters. The summed E-state index contributed by atoms with van der Waals surface area (Å²) >= 11 is 0. The second-order valence-corrected chi connectivity index (χ2v) is 7.90. The summed E-state index contributed by atoms with van der Waals surface area (Å²) in [6.45, 7) is -0.411. The van der Waals surface area contributed by atoms with Crippen molar-refractivity contribution in [2.24, 2.45) is 0 Å². The second-order valence-electron chi connectivity index (χ2n) is 7.90. The van der Waals surface area contributed by atoms with E-state index in [0.717, 1.165) is 10.5 Å². The molecule has 0 aromatic heterocycles. The fraction of sp³-hybridized carbons (Fsp3) is 0.154. The van der Waals surface area contributed by atoms with Crippen molar-refractivity contribution in [2.45, 2.75) is 12.5 Å². The van der Waals surface area contributed by atoms with Crippen LogP contribution in [0.1, 0.15) is 15.9 Å². The SMILES string of the molecule is COc1ccccc1NC(=O)c1ccc(NC(=O)CN2C(=O)NC(Cc3ccccc3)C2=O)cc1. The highest BCUT2D eigenvalue weighted by molar-refractivity contribution is 6.08. The molecule has 0 aliphatic carbocycles. The van der Waals surface area contributed by atoms with Crippen LogP contribution in [0.15, 0.2) is 78.9 Å². The lowest BCUT2D eigenvalue weighted by Gasteiger charge is -2.13. The Kier molecular flexibility index (Phi) is 7.06. The summed E-state index contributed by atoms with van der Waals surface area (Å²) in [6.07, 6.45) is 0.349. The van der Waals surface area contributed by atoms with Gasteiger partial charge in [-0.2, -0.15) is 0 Å². The number of carbonyl (C=O) groups excluding carboxylic acids is 4. The van der Waals surface area contributed by atoms with Crippen LogP contribution in [0.25, 0.3) is 0 Å². The van der Waals surface area contributed by atoms with Gasteiger partial charge in [0.2, 0.25) is 5.91 Å². The normalized spacial score (nSPS) is 14.9. The monoisotopic (exact) mass is 472 g/mol. The van der Waals surface area contributed by atoms with Crippen molar-refractivity contribution >= 4 is 35.1 Å². The molecule has 9 nitrogen and oxygen atoms in total. The van der Waals surface area contributed by atoms with Gasteiger partial charge >= 0.3 is 6.03 Å². The van der Waals surface area contributed by atoms with Crippen molar-refractivity contribution in [3.63, 3.8) is 0 Å². The Bertz CT molecular complexity index is 1240. The zero-order valence-corrected chi connectivity index (χ0v) is 19.0. The number of para-hydroxylation sites is 2. The van der Waals surface area contributed by atoms with Crippen LogP contribution in [0.4, 0.5) is 16.2 Å². The molecule has 178 valence electrons. The van der Waals surface area contributed by atoms with Gasteiger partial charge in [0.15, 0.2) is 0 Å². The Morgan fingerprint density at radius 1 is 0.914 bits per heavy atom. The topological polar surface area (TPSA) is 117 Å². The van der Waals surface area contributed by atoms with E-state index in [4.69, 9.17) is 4.74 Å². The van der Waals surface area contributed by atoms with Crippen LogP contribution in [0, 0.1) is 0 Å². The van der Waals surface area contributed by atoms with E-state index in [1.807, 2.05) is 30.3 Å². The number of hydrogen-bond acceptors (Lipinski definition) is 5. The Labute approximate surface area is 202 Å². The molecule has 0 bridgehead atoms. The average molecular weight is 473 g/mol. The molecule has 0 saturated carbocycles. The number of nitrogens with one attached hydrogen (secondary N) is 3. The van der Waals surface area contributed by atoms with Gasteiger partial charge in [-0.05, 0) is 42.0 Å². The van der Waals surface area contributed by atoms with Gasteiger partial charge in [0.25, 0.3) is 11.8 Å². The molecule has 9 heteroatoms. The van der Waals surface area contributed by atoms with Gasteiger partial charge in [0.05, 0.1) is 12.8 Å². The minimum absolute atomic E-state index is 0.337. The summed E-state index contributed by atoms with van der Waals surface area (Å²) in [5.41, 5.74) is 2.26. The van der Waals surface area contributed by atoms with Crippen molar-refractivity contribution in [1.82, 2.24) is 10.2 Å². The summed E-state index contributed by atoms with van der Waals surface area (Å²) < 4.78 is 5.23. The molecule has 1 unspecified atom stereocenters. The molecule has 1 aliphatic rings. The second kappa shape index (κ2) is 10.5. The lowest BCUT2D eigenvalue weighted by Crippen LogP contribution is -2.38. The molecule has 1 saturated heterocycles. The summed E-state index contributed by atoms with van der Waals surface area (Å²) in [6, 6.07) is 21.3. The van der Waals surface area contributed by atoms with Gasteiger partial charge in [0.1, 0.15) is 18.3 Å². The fourth-order valence-electron chi connectivity index (χ4n) is 3.71. The number of carbonyl (C=O) groups is 4. The molecule has 3 aromatic rings. The van der Waals surface area contributed by atoms with Gasteiger partial charge in [-0.1, -0.05) is 42.5 Å². The first-order valence-electron chi connectivity index (χ1n) is 10.9. The van der Waals surface area contributed by atoms with E-state index in [1.165, 1.54) is 7.11 Å². The zero-order chi connectivity index (χ0) is 24.8. The van der Waals surface area contributed by atoms with E-state index in [9.17, 15) is 19.2 Å². The Morgan fingerprint density at radius 2 is 1.60 bits per heavy atom. The molecule has 35 heavy (non-hydrogen) atoms. The molecular formula is C26H24N4O5. The number of imide groups is 1. The van der Waals surface area contributed by atoms with Gasteiger partial charge < -0.3 is 20.7 Å². The van der Waals surface area contributed by atoms with Crippen LogP contribution in [0.3, 0.4) is 0 Å². The molecule has 3 N–H and O–H groups in total. The van der Waals surface area contributed by atoms with Gasteiger partial charge in [-0.25, -0.2) is 4.79 Å². The lowest BCUT2D eigenvalue weighted by molar-refractivity contribution is -0.130. The standard InChI is InChI=1S/C26H24N4O5/c1-35-22-10-6-5-9-20(22)28-24(32)18-11-13-19(14-12-18)27-23(31)16-30-25(33)21(29-26(30)34)15-17-7-3-2-4-8-17/h2-14,21H,15-16H2,1H3,(H,27,31)(H,28,32)(H,29,34). The minimum Gasteiger partial charge on any atom is -0.495 e. The number of benzene rings is 3. The van der Waals surface area contributed by atoms with Crippen molar-refractivity contribution in [3.8, 4) is 5.75 Å². The average Bonchev–Trinajstić information content (AvgIpc) is 3.12. The number of nitrogens with zero attached hydrogens (tertiary/aromatic N) is 1. The summed E-state index contributed by atoms with van der Waals surface area (Å²) in [5, 5.41) is 8.04. The number of anilines is 2. The Hall–Kier alpha value is -4.66. The predicted octanol–water partition coefficient (Wildman–Crippen LogP) is 3.05. The molecule has 1 heterocycles. The van der Waals surface area contributed by atoms with Crippen LogP contribution in [0.2, 0.25) is 0 Å². The van der Waals surface area contributed by atoms with E-state index in [1.54, 1.807) is 48.5 Å². The van der Waals surface area contributed by atoms with Crippen LogP contribution in [0.5, 0.6) is 5.75 Å². The highest BCUT2D eigenvalue weighted by atomic mass is 16.5. The highest BCUT2D eigenvalue weighted by Gasteiger charge is 2.38. The maximum atomic E-state index is 12.6. The van der Waals surface area contributed by atoms with Gasteiger partial charge in [-0.3, -0.25) is 19.3 Å². The van der Waals surface area contributed by atoms with E-state index in [0.29, 0.717) is 29.1 Å². The molecule has 1 aliphatic heterocycles. The smallest absolute Gasteiger partial charge is 0.325 e. The Morgan fingerprint density at radius 3 is 2.31 bits per heavy atom. The van der Waals surface area contributed by atoms with Crippen molar-refractivity contribution in [2.75, 3.05) is 24.3 Å². The first-order valence-corrected chi connectivity index (χ1v) is 10.9. The number of rotatable bonds is 8. The van der Waals surface area contributed by atoms with Crippen molar-refractivity contribution < 1.29 is 23.9 Å². The predicted molar refractivity (Wildman–Crippen MR) is 130 cm³/mol. The fourth-order valence-corrected chi connectivity index (χ4v) is 3.71. The lowest BCUT2D eigenvalue weighted by atomic mass is 10.1. The number of methoxy groups -OCH3 is 1. The quantitative estimate of drug-likeness (QED) is 0.436. The third kappa shape index (κ3) is 5.64. The third-order valence-corrected chi connectivity index (χ3v) is 5.48. The molecule has 3 aromatic carbocycles. The van der Waals surface area contributed by atoms with Gasteiger partial charge in [-0.15, -0.1) is 0 Å². The summed E-state index contributed by atoms with van der Waals surface area (Å²) in [4.78, 5) is 50.8. The molecule has 5 amide bonds.